The van der Waals surface area contributed by atoms with Crippen molar-refractivity contribution in [3.63, 3.8) is 0 Å². The fourth-order valence-corrected chi connectivity index (χ4v) is 2.19. The lowest BCUT2D eigenvalue weighted by Crippen LogP contribution is -2.21. The fourth-order valence-electron chi connectivity index (χ4n) is 2.19. The number of hydrogen-bond acceptors (Lipinski definition) is 1. The van der Waals surface area contributed by atoms with Crippen molar-refractivity contribution in [3.05, 3.63) is 29.8 Å². The number of halogens is 1. The van der Waals surface area contributed by atoms with Gasteiger partial charge < -0.3 is 5.11 Å². The minimum Gasteiger partial charge on any atom is -0.508 e. The van der Waals surface area contributed by atoms with Crippen LogP contribution in [0.2, 0.25) is 0 Å². The average Bonchev–Trinajstić information content (AvgIpc) is 2.57. The predicted octanol–water partition coefficient (Wildman–Crippen LogP) is 3.22. The Bertz CT molecular complexity index is 316. The van der Waals surface area contributed by atoms with Crippen LogP contribution in [-0.4, -0.2) is 10.8 Å². The van der Waals surface area contributed by atoms with E-state index in [-0.39, 0.29) is 5.75 Å². The summed E-state index contributed by atoms with van der Waals surface area (Å²) in [6.07, 6.45) is 3.59. The molecule has 0 heterocycles. The van der Waals surface area contributed by atoms with E-state index in [0.29, 0.717) is 19.3 Å². The van der Waals surface area contributed by atoms with Crippen LogP contribution in [0.3, 0.4) is 0 Å². The van der Waals surface area contributed by atoms with Gasteiger partial charge in [0.05, 0.1) is 0 Å². The third-order valence-corrected chi connectivity index (χ3v) is 3.00. The molecule has 14 heavy (non-hydrogen) atoms. The normalized spacial score (nSPS) is 19.8. The van der Waals surface area contributed by atoms with Crippen molar-refractivity contribution in [1.82, 2.24) is 0 Å². The maximum Gasteiger partial charge on any atom is 0.118 e. The summed E-state index contributed by atoms with van der Waals surface area (Å²) in [6.45, 7) is 0. The smallest absolute Gasteiger partial charge is 0.118 e. The Kier molecular flexibility index (Phi) is 2.44. The van der Waals surface area contributed by atoms with Gasteiger partial charge in [0.1, 0.15) is 11.4 Å². The third-order valence-electron chi connectivity index (χ3n) is 3.00. The fraction of sp³-hybridized carbons (Fsp3) is 0.500. The van der Waals surface area contributed by atoms with Crippen LogP contribution in [0.5, 0.6) is 5.75 Å². The van der Waals surface area contributed by atoms with Gasteiger partial charge in [0, 0.05) is 6.42 Å². The van der Waals surface area contributed by atoms with Crippen molar-refractivity contribution in [2.75, 3.05) is 0 Å². The van der Waals surface area contributed by atoms with Gasteiger partial charge in [-0.05, 0) is 24.5 Å². The number of hydrogen-bond donors (Lipinski definition) is 1. The molecule has 1 N–H and O–H groups in total. The lowest BCUT2D eigenvalue weighted by atomic mass is 9.94. The summed E-state index contributed by atoms with van der Waals surface area (Å²) in [5.74, 6) is 0.219. The van der Waals surface area contributed by atoms with E-state index >= 15 is 0 Å². The van der Waals surface area contributed by atoms with Crippen molar-refractivity contribution in [2.45, 2.75) is 37.8 Å². The molecule has 1 aromatic carbocycles. The molecule has 0 saturated heterocycles. The summed E-state index contributed by atoms with van der Waals surface area (Å²) in [4.78, 5) is 0. The number of benzene rings is 1. The highest BCUT2D eigenvalue weighted by Crippen LogP contribution is 2.37. The molecule has 1 aliphatic carbocycles. The minimum atomic E-state index is -1.07. The van der Waals surface area contributed by atoms with E-state index in [1.807, 2.05) is 6.07 Å². The SMILES string of the molecule is Oc1ccccc1CC1(F)CCCC1. The Morgan fingerprint density at radius 1 is 1.21 bits per heavy atom. The average molecular weight is 194 g/mol. The van der Waals surface area contributed by atoms with Crippen molar-refractivity contribution in [1.29, 1.82) is 0 Å². The van der Waals surface area contributed by atoms with Crippen LogP contribution in [0, 0.1) is 0 Å². The molecular weight excluding hydrogens is 179 g/mol. The molecule has 2 rings (SSSR count). The molecule has 1 saturated carbocycles. The molecule has 1 fully saturated rings. The van der Waals surface area contributed by atoms with Crippen molar-refractivity contribution >= 4 is 0 Å². The van der Waals surface area contributed by atoms with Gasteiger partial charge in [0.15, 0.2) is 0 Å². The molecule has 0 amide bonds. The van der Waals surface area contributed by atoms with Crippen molar-refractivity contribution in [2.24, 2.45) is 0 Å². The first-order chi connectivity index (χ1) is 6.70. The Hall–Kier alpha value is -1.05. The molecule has 0 aliphatic heterocycles. The van der Waals surface area contributed by atoms with Crippen LogP contribution in [0.25, 0.3) is 0 Å². The highest BCUT2D eigenvalue weighted by atomic mass is 19.1. The van der Waals surface area contributed by atoms with Crippen molar-refractivity contribution in [3.8, 4) is 5.75 Å². The summed E-state index contributed by atoms with van der Waals surface area (Å²) in [5, 5.41) is 9.52. The first-order valence-electron chi connectivity index (χ1n) is 5.15. The first kappa shape index (κ1) is 9.50. The molecule has 1 aromatic rings. The summed E-state index contributed by atoms with van der Waals surface area (Å²) in [6, 6.07) is 7.02. The maximum absolute atomic E-state index is 14.1. The minimum absolute atomic E-state index is 0.219. The van der Waals surface area contributed by atoms with Gasteiger partial charge in [-0.15, -0.1) is 0 Å². The van der Waals surface area contributed by atoms with Gasteiger partial charge in [0.25, 0.3) is 0 Å². The van der Waals surface area contributed by atoms with Crippen LogP contribution < -0.4 is 0 Å². The Balaban J connectivity index is 2.14. The Morgan fingerprint density at radius 3 is 2.50 bits per heavy atom. The molecule has 0 atom stereocenters. The predicted molar refractivity (Wildman–Crippen MR) is 54.1 cm³/mol. The van der Waals surface area contributed by atoms with E-state index in [1.54, 1.807) is 18.2 Å². The van der Waals surface area contributed by atoms with E-state index in [1.165, 1.54) is 0 Å². The third kappa shape index (κ3) is 1.89. The number of phenols is 1. The number of para-hydroxylation sites is 1. The lowest BCUT2D eigenvalue weighted by Gasteiger charge is -2.19. The van der Waals surface area contributed by atoms with Gasteiger partial charge in [-0.1, -0.05) is 31.0 Å². The molecule has 1 aliphatic rings. The summed E-state index contributed by atoms with van der Waals surface area (Å²) in [7, 11) is 0. The molecular formula is C12H15FO. The van der Waals surface area contributed by atoms with Crippen LogP contribution >= 0.6 is 0 Å². The summed E-state index contributed by atoms with van der Waals surface area (Å²) < 4.78 is 14.1. The second-order valence-corrected chi connectivity index (χ2v) is 4.16. The summed E-state index contributed by atoms with van der Waals surface area (Å²) in [5.41, 5.74) is -0.337. The zero-order valence-electron chi connectivity index (χ0n) is 8.17. The first-order valence-corrected chi connectivity index (χ1v) is 5.15. The second kappa shape index (κ2) is 3.60. The zero-order chi connectivity index (χ0) is 10.0. The van der Waals surface area contributed by atoms with Gasteiger partial charge in [-0.25, -0.2) is 4.39 Å². The van der Waals surface area contributed by atoms with E-state index in [9.17, 15) is 9.50 Å². The van der Waals surface area contributed by atoms with E-state index in [2.05, 4.69) is 0 Å². The topological polar surface area (TPSA) is 20.2 Å². The van der Waals surface area contributed by atoms with E-state index in [0.717, 1.165) is 18.4 Å². The van der Waals surface area contributed by atoms with Gasteiger partial charge in [-0.2, -0.15) is 0 Å². The Morgan fingerprint density at radius 2 is 1.86 bits per heavy atom. The standard InChI is InChI=1S/C12H15FO/c13-12(7-3-4-8-12)9-10-5-1-2-6-11(10)14/h1-2,5-6,14H,3-4,7-9H2. The van der Waals surface area contributed by atoms with Crippen molar-refractivity contribution < 1.29 is 9.50 Å². The highest BCUT2D eigenvalue weighted by Gasteiger charge is 2.34. The lowest BCUT2D eigenvalue weighted by molar-refractivity contribution is 0.171. The number of aromatic hydroxyl groups is 1. The summed E-state index contributed by atoms with van der Waals surface area (Å²) >= 11 is 0. The molecule has 1 nitrogen and oxygen atoms in total. The van der Waals surface area contributed by atoms with Gasteiger partial charge >= 0.3 is 0 Å². The van der Waals surface area contributed by atoms with Gasteiger partial charge in [-0.3, -0.25) is 0 Å². The number of alkyl halides is 1. The monoisotopic (exact) mass is 194 g/mol. The van der Waals surface area contributed by atoms with Crippen LogP contribution in [0.15, 0.2) is 24.3 Å². The molecule has 0 bridgehead atoms. The molecule has 2 heteroatoms. The van der Waals surface area contributed by atoms with E-state index in [4.69, 9.17) is 0 Å². The Labute approximate surface area is 83.6 Å². The van der Waals surface area contributed by atoms with Crippen LogP contribution in [-0.2, 0) is 6.42 Å². The highest BCUT2D eigenvalue weighted by molar-refractivity contribution is 5.33. The molecule has 0 spiro atoms. The molecule has 0 unspecified atom stereocenters. The quantitative estimate of drug-likeness (QED) is 0.766. The molecule has 0 aromatic heterocycles. The molecule has 0 radical (unpaired) electrons. The zero-order valence-corrected chi connectivity index (χ0v) is 8.17. The van der Waals surface area contributed by atoms with E-state index < -0.39 is 5.67 Å². The van der Waals surface area contributed by atoms with Crippen LogP contribution in [0.1, 0.15) is 31.2 Å². The van der Waals surface area contributed by atoms with Crippen LogP contribution in [0.4, 0.5) is 4.39 Å². The van der Waals surface area contributed by atoms with Gasteiger partial charge in [0.2, 0.25) is 0 Å². The largest absolute Gasteiger partial charge is 0.508 e. The maximum atomic E-state index is 14.1. The molecule has 76 valence electrons. The second-order valence-electron chi connectivity index (χ2n) is 4.16. The number of phenolic OH excluding ortho intramolecular Hbond substituents is 1. The number of rotatable bonds is 2.